The molecule has 0 aliphatic carbocycles. The lowest BCUT2D eigenvalue weighted by molar-refractivity contribution is 0.667. The Labute approximate surface area is 152 Å². The van der Waals surface area contributed by atoms with Crippen LogP contribution in [0.2, 0.25) is 0 Å². The van der Waals surface area contributed by atoms with Crippen LogP contribution < -0.4 is 0 Å². The van der Waals surface area contributed by atoms with Crippen LogP contribution in [0, 0.1) is 0 Å². The van der Waals surface area contributed by atoms with Gasteiger partial charge >= 0.3 is 0 Å². The third-order valence-electron chi connectivity index (χ3n) is 5.25. The van der Waals surface area contributed by atoms with E-state index in [1.54, 1.807) is 0 Å². The fourth-order valence-corrected chi connectivity index (χ4v) is 3.80. The molecular formula is C25H20O. The Morgan fingerprint density at radius 1 is 0.692 bits per heavy atom. The van der Waals surface area contributed by atoms with Crippen molar-refractivity contribution >= 4 is 32.7 Å². The summed E-state index contributed by atoms with van der Waals surface area (Å²) in [6.07, 6.45) is 0. The van der Waals surface area contributed by atoms with E-state index in [0.717, 1.165) is 11.2 Å². The predicted molar refractivity (Wildman–Crippen MR) is 111 cm³/mol. The number of hydrogen-bond acceptors (Lipinski definition) is 1. The molecule has 0 bridgehead atoms. The van der Waals surface area contributed by atoms with Crippen LogP contribution in [0.15, 0.2) is 83.3 Å². The van der Waals surface area contributed by atoms with E-state index in [4.69, 9.17) is 4.42 Å². The summed E-state index contributed by atoms with van der Waals surface area (Å²) >= 11 is 0. The second-order valence-electron chi connectivity index (χ2n) is 7.25. The average Bonchev–Trinajstić information content (AvgIpc) is 3.05. The molecule has 5 aromatic rings. The molecule has 126 valence electrons. The van der Waals surface area contributed by atoms with Crippen molar-refractivity contribution in [2.75, 3.05) is 0 Å². The number of furan rings is 1. The molecule has 0 aliphatic heterocycles. The Morgan fingerprint density at radius 3 is 2.38 bits per heavy atom. The Balaban J connectivity index is 1.80. The molecule has 0 saturated carbocycles. The summed E-state index contributed by atoms with van der Waals surface area (Å²) < 4.78 is 6.19. The summed E-state index contributed by atoms with van der Waals surface area (Å²) in [5, 5.41) is 4.92. The standard InChI is InChI=1S/C25H20O/c1-16(2)18-12-13-22-24(15-18)26-23-9-5-8-21(25(22)23)20-11-10-17-6-3-4-7-19(17)14-20/h3-16H,1-2H3. The minimum Gasteiger partial charge on any atom is -0.456 e. The molecule has 0 saturated heterocycles. The normalized spacial score (nSPS) is 11.8. The second-order valence-corrected chi connectivity index (χ2v) is 7.25. The van der Waals surface area contributed by atoms with Gasteiger partial charge in [0, 0.05) is 10.8 Å². The van der Waals surface area contributed by atoms with Crippen molar-refractivity contribution in [3.63, 3.8) is 0 Å². The average molecular weight is 336 g/mol. The van der Waals surface area contributed by atoms with E-state index in [-0.39, 0.29) is 0 Å². The van der Waals surface area contributed by atoms with Crippen LogP contribution >= 0.6 is 0 Å². The molecule has 0 fully saturated rings. The van der Waals surface area contributed by atoms with Crippen LogP contribution in [0.1, 0.15) is 25.3 Å². The third-order valence-corrected chi connectivity index (χ3v) is 5.25. The molecule has 26 heavy (non-hydrogen) atoms. The minimum atomic E-state index is 0.493. The molecule has 0 aliphatic rings. The van der Waals surface area contributed by atoms with Gasteiger partial charge in [-0.3, -0.25) is 0 Å². The molecule has 1 nitrogen and oxygen atoms in total. The topological polar surface area (TPSA) is 13.1 Å². The van der Waals surface area contributed by atoms with E-state index in [1.807, 2.05) is 0 Å². The van der Waals surface area contributed by atoms with Gasteiger partial charge in [-0.25, -0.2) is 0 Å². The van der Waals surface area contributed by atoms with Crippen molar-refractivity contribution in [2.24, 2.45) is 0 Å². The van der Waals surface area contributed by atoms with E-state index in [2.05, 4.69) is 92.7 Å². The van der Waals surface area contributed by atoms with Crippen LogP contribution in [0.4, 0.5) is 0 Å². The van der Waals surface area contributed by atoms with Crippen LogP contribution in [0.5, 0.6) is 0 Å². The van der Waals surface area contributed by atoms with E-state index in [1.165, 1.54) is 38.2 Å². The van der Waals surface area contributed by atoms with Gasteiger partial charge < -0.3 is 4.42 Å². The van der Waals surface area contributed by atoms with Crippen molar-refractivity contribution < 1.29 is 4.42 Å². The number of rotatable bonds is 2. The molecule has 0 spiro atoms. The van der Waals surface area contributed by atoms with Crippen molar-refractivity contribution in [3.05, 3.63) is 84.4 Å². The van der Waals surface area contributed by atoms with E-state index < -0.39 is 0 Å². The maximum atomic E-state index is 6.19. The van der Waals surface area contributed by atoms with E-state index in [9.17, 15) is 0 Å². The molecular weight excluding hydrogens is 316 g/mol. The predicted octanol–water partition coefficient (Wildman–Crippen LogP) is 7.53. The second kappa shape index (κ2) is 5.74. The molecule has 4 aromatic carbocycles. The van der Waals surface area contributed by atoms with E-state index in [0.29, 0.717) is 5.92 Å². The van der Waals surface area contributed by atoms with Gasteiger partial charge in [0.25, 0.3) is 0 Å². The fraction of sp³-hybridized carbons (Fsp3) is 0.120. The van der Waals surface area contributed by atoms with Crippen LogP contribution in [-0.4, -0.2) is 0 Å². The highest BCUT2D eigenvalue weighted by Crippen LogP contribution is 2.38. The van der Waals surface area contributed by atoms with Gasteiger partial charge in [0.2, 0.25) is 0 Å². The maximum absolute atomic E-state index is 6.19. The molecule has 0 atom stereocenters. The first-order valence-electron chi connectivity index (χ1n) is 9.15. The quantitative estimate of drug-likeness (QED) is 0.325. The zero-order chi connectivity index (χ0) is 17.7. The molecule has 1 aromatic heterocycles. The van der Waals surface area contributed by atoms with Crippen LogP contribution in [0.25, 0.3) is 43.8 Å². The zero-order valence-electron chi connectivity index (χ0n) is 15.0. The molecule has 0 radical (unpaired) electrons. The van der Waals surface area contributed by atoms with Crippen molar-refractivity contribution in [1.82, 2.24) is 0 Å². The van der Waals surface area contributed by atoms with Gasteiger partial charge in [-0.05, 0) is 51.6 Å². The summed E-state index contributed by atoms with van der Waals surface area (Å²) in [5.74, 6) is 0.493. The monoisotopic (exact) mass is 336 g/mol. The Hall–Kier alpha value is -3.06. The molecule has 0 unspecified atom stereocenters. The Morgan fingerprint density at radius 2 is 1.54 bits per heavy atom. The highest BCUT2D eigenvalue weighted by Gasteiger charge is 2.13. The molecule has 1 heteroatoms. The molecule has 5 rings (SSSR count). The van der Waals surface area contributed by atoms with Gasteiger partial charge in [-0.15, -0.1) is 0 Å². The van der Waals surface area contributed by atoms with Gasteiger partial charge in [0.05, 0.1) is 0 Å². The summed E-state index contributed by atoms with van der Waals surface area (Å²) in [5.41, 5.74) is 5.68. The lowest BCUT2D eigenvalue weighted by atomic mass is 9.96. The van der Waals surface area contributed by atoms with Crippen molar-refractivity contribution in [1.29, 1.82) is 0 Å². The SMILES string of the molecule is CC(C)c1ccc2c(c1)oc1cccc(-c3ccc4ccccc4c3)c12. The van der Waals surface area contributed by atoms with E-state index >= 15 is 0 Å². The largest absolute Gasteiger partial charge is 0.456 e. The number of fused-ring (bicyclic) bond motifs is 4. The Kier molecular flexibility index (Phi) is 3.36. The summed E-state index contributed by atoms with van der Waals surface area (Å²) in [7, 11) is 0. The Bertz CT molecular complexity index is 1260. The highest BCUT2D eigenvalue weighted by molar-refractivity contribution is 6.13. The smallest absolute Gasteiger partial charge is 0.136 e. The fourth-order valence-electron chi connectivity index (χ4n) is 3.80. The first-order chi connectivity index (χ1) is 12.7. The van der Waals surface area contributed by atoms with Gasteiger partial charge in [0.15, 0.2) is 0 Å². The van der Waals surface area contributed by atoms with Gasteiger partial charge in [0.1, 0.15) is 11.2 Å². The number of benzene rings is 4. The summed E-state index contributed by atoms with van der Waals surface area (Å²) in [6, 6.07) is 28.1. The molecule has 0 N–H and O–H groups in total. The lowest BCUT2D eigenvalue weighted by Gasteiger charge is -2.07. The van der Waals surface area contributed by atoms with Gasteiger partial charge in [-0.1, -0.05) is 74.5 Å². The molecule has 0 amide bonds. The number of hydrogen-bond donors (Lipinski definition) is 0. The summed E-state index contributed by atoms with van der Waals surface area (Å²) in [4.78, 5) is 0. The van der Waals surface area contributed by atoms with Gasteiger partial charge in [-0.2, -0.15) is 0 Å². The first-order valence-corrected chi connectivity index (χ1v) is 9.15. The van der Waals surface area contributed by atoms with Crippen molar-refractivity contribution in [2.45, 2.75) is 19.8 Å². The highest BCUT2D eigenvalue weighted by atomic mass is 16.3. The first kappa shape index (κ1) is 15.2. The minimum absolute atomic E-state index is 0.493. The van der Waals surface area contributed by atoms with Crippen LogP contribution in [-0.2, 0) is 0 Å². The van der Waals surface area contributed by atoms with Crippen LogP contribution in [0.3, 0.4) is 0 Å². The zero-order valence-corrected chi connectivity index (χ0v) is 15.0. The van der Waals surface area contributed by atoms with Crippen molar-refractivity contribution in [3.8, 4) is 11.1 Å². The summed E-state index contributed by atoms with van der Waals surface area (Å²) in [6.45, 7) is 4.43. The lowest BCUT2D eigenvalue weighted by Crippen LogP contribution is -1.85. The maximum Gasteiger partial charge on any atom is 0.136 e. The molecule has 1 heterocycles. The third kappa shape index (κ3) is 2.32.